The first-order chi connectivity index (χ1) is 12.1. The van der Waals surface area contributed by atoms with Gasteiger partial charge in [-0.1, -0.05) is 58.0 Å². The highest BCUT2D eigenvalue weighted by Gasteiger charge is 2.44. The summed E-state index contributed by atoms with van der Waals surface area (Å²) in [5, 5.41) is 0.0769. The molecule has 0 bridgehead atoms. The first-order valence-electron chi connectivity index (χ1n) is 9.34. The molecule has 0 aromatic heterocycles. The van der Waals surface area contributed by atoms with E-state index in [2.05, 4.69) is 33.9 Å². The molecule has 5 heteroatoms. The van der Waals surface area contributed by atoms with Gasteiger partial charge in [-0.05, 0) is 36.7 Å². The van der Waals surface area contributed by atoms with Crippen LogP contribution in [0.1, 0.15) is 46.3 Å². The van der Waals surface area contributed by atoms with Crippen molar-refractivity contribution in [2.75, 3.05) is 6.61 Å². The molecule has 0 spiro atoms. The Morgan fingerprint density at radius 2 is 1.81 bits per heavy atom. The van der Waals surface area contributed by atoms with E-state index in [1.54, 1.807) is 0 Å². The van der Waals surface area contributed by atoms with E-state index in [0.717, 1.165) is 11.3 Å². The number of benzene rings is 1. The lowest BCUT2D eigenvalue weighted by atomic mass is 9.95. The van der Waals surface area contributed by atoms with Crippen LogP contribution in [0.15, 0.2) is 42.2 Å². The number of hydrogen-bond acceptors (Lipinski definition) is 4. The maximum Gasteiger partial charge on any atom is 0.336 e. The van der Waals surface area contributed by atoms with E-state index < -0.39 is 14.4 Å². The summed E-state index contributed by atoms with van der Waals surface area (Å²) in [6, 6.07) is 9.91. The summed E-state index contributed by atoms with van der Waals surface area (Å²) >= 11 is 0. The van der Waals surface area contributed by atoms with Crippen LogP contribution in [0.25, 0.3) is 0 Å². The van der Waals surface area contributed by atoms with Gasteiger partial charge in [-0.3, -0.25) is 0 Å². The summed E-state index contributed by atoms with van der Waals surface area (Å²) in [4.78, 5) is 12.5. The molecule has 0 aliphatic carbocycles. The van der Waals surface area contributed by atoms with Gasteiger partial charge in [0.2, 0.25) is 8.32 Å². The minimum Gasteiger partial charge on any atom is -0.546 e. The van der Waals surface area contributed by atoms with Crippen molar-refractivity contribution in [1.29, 1.82) is 0 Å². The van der Waals surface area contributed by atoms with Gasteiger partial charge in [-0.2, -0.15) is 0 Å². The molecule has 0 saturated heterocycles. The van der Waals surface area contributed by atoms with Crippen molar-refractivity contribution in [2.24, 2.45) is 5.92 Å². The molecule has 0 amide bonds. The molecule has 1 aliphatic heterocycles. The third-order valence-corrected chi connectivity index (χ3v) is 9.70. The highest BCUT2D eigenvalue weighted by Crippen LogP contribution is 2.42. The van der Waals surface area contributed by atoms with Crippen LogP contribution in [0.5, 0.6) is 0 Å². The molecule has 0 fully saturated rings. The second kappa shape index (κ2) is 7.97. The van der Waals surface area contributed by atoms with Gasteiger partial charge < -0.3 is 13.9 Å². The number of hydrogen-bond donors (Lipinski definition) is 0. The van der Waals surface area contributed by atoms with Crippen molar-refractivity contribution in [3.63, 3.8) is 0 Å². The molecule has 1 heterocycles. The predicted octanol–water partition coefficient (Wildman–Crippen LogP) is 5.23. The van der Waals surface area contributed by atoms with Crippen LogP contribution in [0.4, 0.5) is 0 Å². The van der Waals surface area contributed by atoms with E-state index in [-0.39, 0.29) is 23.0 Å². The molecular weight excluding hydrogens is 344 g/mol. The van der Waals surface area contributed by atoms with Crippen molar-refractivity contribution >= 4 is 14.3 Å². The molecule has 0 radical (unpaired) electrons. The Morgan fingerprint density at radius 1 is 1.19 bits per heavy atom. The third-order valence-electron chi connectivity index (χ3n) is 5.34. The number of carbonyl (C=O) groups excluding carboxylic acids is 1. The zero-order valence-electron chi connectivity index (χ0n) is 17.0. The van der Waals surface area contributed by atoms with E-state index >= 15 is 0 Å². The lowest BCUT2D eigenvalue weighted by Crippen LogP contribution is -2.45. The molecule has 0 saturated carbocycles. The molecule has 1 aromatic carbocycles. The second-order valence-corrected chi connectivity index (χ2v) is 13.1. The van der Waals surface area contributed by atoms with Gasteiger partial charge >= 0.3 is 5.97 Å². The van der Waals surface area contributed by atoms with E-state index in [9.17, 15) is 4.79 Å². The van der Waals surface area contributed by atoms with E-state index in [1.807, 2.05) is 50.3 Å². The Hall–Kier alpha value is -1.59. The van der Waals surface area contributed by atoms with E-state index in [0.29, 0.717) is 6.61 Å². The molecule has 26 heavy (non-hydrogen) atoms. The van der Waals surface area contributed by atoms with E-state index in [1.165, 1.54) is 0 Å². The molecule has 1 aromatic rings. The molecule has 4 nitrogen and oxygen atoms in total. The molecule has 3 atom stereocenters. The normalized spacial score (nSPS) is 24.0. The monoisotopic (exact) mass is 376 g/mol. The van der Waals surface area contributed by atoms with Gasteiger partial charge in [-0.25, -0.2) is 4.79 Å². The van der Waals surface area contributed by atoms with Crippen LogP contribution in [-0.4, -0.2) is 27.0 Å². The summed E-state index contributed by atoms with van der Waals surface area (Å²) in [5.41, 5.74) is 1.00. The van der Waals surface area contributed by atoms with Gasteiger partial charge in [0.05, 0.1) is 12.4 Å². The fourth-order valence-corrected chi connectivity index (χ4v) is 3.79. The number of ether oxygens (including phenoxy) is 2. The Morgan fingerprint density at radius 3 is 2.35 bits per heavy atom. The van der Waals surface area contributed by atoms with Gasteiger partial charge in [0.25, 0.3) is 0 Å². The fraction of sp³-hybridized carbons (Fsp3) is 0.571. The lowest BCUT2D eigenvalue weighted by Gasteiger charge is -2.41. The maximum absolute atomic E-state index is 12.5. The van der Waals surface area contributed by atoms with Crippen LogP contribution in [-0.2, 0) is 18.7 Å². The van der Waals surface area contributed by atoms with Gasteiger partial charge in [-0.15, -0.1) is 0 Å². The summed E-state index contributed by atoms with van der Waals surface area (Å²) in [7, 11) is -2.02. The average molecular weight is 377 g/mol. The Bertz CT molecular complexity index is 646. The Kier molecular flexibility index (Phi) is 6.35. The summed E-state index contributed by atoms with van der Waals surface area (Å²) < 4.78 is 17.9. The predicted molar refractivity (Wildman–Crippen MR) is 106 cm³/mol. The maximum atomic E-state index is 12.5. The molecular formula is C21H32O4Si. The quantitative estimate of drug-likeness (QED) is 0.521. The Labute approximate surface area is 158 Å². The van der Waals surface area contributed by atoms with Crippen LogP contribution in [0.2, 0.25) is 18.1 Å². The van der Waals surface area contributed by atoms with E-state index in [4.69, 9.17) is 13.9 Å². The summed E-state index contributed by atoms with van der Waals surface area (Å²) in [6.07, 6.45) is 1.04. The van der Waals surface area contributed by atoms with Crippen molar-refractivity contribution in [1.82, 2.24) is 0 Å². The number of esters is 1. The largest absolute Gasteiger partial charge is 0.546 e. The molecule has 144 valence electrons. The zero-order chi connectivity index (χ0) is 19.5. The van der Waals surface area contributed by atoms with Crippen LogP contribution in [0, 0.1) is 5.92 Å². The van der Waals surface area contributed by atoms with Crippen molar-refractivity contribution < 1.29 is 18.7 Å². The summed E-state index contributed by atoms with van der Waals surface area (Å²) in [5.74, 6) is 0.336. The van der Waals surface area contributed by atoms with Gasteiger partial charge in [0, 0.05) is 5.92 Å². The minimum absolute atomic E-state index is 0.0769. The van der Waals surface area contributed by atoms with Crippen molar-refractivity contribution in [3.8, 4) is 0 Å². The first kappa shape index (κ1) is 20.7. The SMILES string of the molecule is CCOC(=O)[C@H]1O[C@H](c2ccccc2)C=C(O[Si](C)(C)C(C)(C)C)[C@@H]1C. The van der Waals surface area contributed by atoms with Gasteiger partial charge in [0.15, 0.2) is 6.10 Å². The Balaban J connectivity index is 2.38. The first-order valence-corrected chi connectivity index (χ1v) is 12.3. The molecule has 0 unspecified atom stereocenters. The highest BCUT2D eigenvalue weighted by atomic mass is 28.4. The van der Waals surface area contributed by atoms with Gasteiger partial charge in [0.1, 0.15) is 6.10 Å². The standard InChI is InChI=1S/C21H32O4Si/c1-8-23-20(22)19-15(2)17(25-26(6,7)21(3,4)5)14-18(24-19)16-12-10-9-11-13-16/h9-15,18-19H,8H2,1-7H3/t15-,18-,19-/m0/s1. The topological polar surface area (TPSA) is 44.8 Å². The molecule has 2 rings (SSSR count). The zero-order valence-corrected chi connectivity index (χ0v) is 18.0. The lowest BCUT2D eigenvalue weighted by molar-refractivity contribution is -0.164. The number of rotatable bonds is 5. The average Bonchev–Trinajstić information content (AvgIpc) is 2.56. The third kappa shape index (κ3) is 4.57. The van der Waals surface area contributed by atoms with Crippen molar-refractivity contribution in [2.45, 2.75) is 65.0 Å². The smallest absolute Gasteiger partial charge is 0.336 e. The molecule has 0 N–H and O–H groups in total. The molecule has 1 aliphatic rings. The van der Waals surface area contributed by atoms with Crippen molar-refractivity contribution in [3.05, 3.63) is 47.7 Å². The second-order valence-electron chi connectivity index (χ2n) is 8.36. The van der Waals surface area contributed by atoms with Crippen LogP contribution in [0.3, 0.4) is 0 Å². The summed E-state index contributed by atoms with van der Waals surface area (Å²) in [6.45, 7) is 15.2. The van der Waals surface area contributed by atoms with Crippen LogP contribution < -0.4 is 0 Å². The highest BCUT2D eigenvalue weighted by molar-refractivity contribution is 6.74. The minimum atomic E-state index is -2.02. The number of carbonyl (C=O) groups is 1. The van der Waals surface area contributed by atoms with Crippen LogP contribution >= 0.6 is 0 Å². The fourth-order valence-electron chi connectivity index (χ4n) is 2.64.